The zero-order chi connectivity index (χ0) is 14.5. The van der Waals surface area contributed by atoms with Crippen molar-refractivity contribution in [3.05, 3.63) is 29.8 Å². The molecule has 0 aliphatic carbocycles. The van der Waals surface area contributed by atoms with Crippen LogP contribution in [-0.2, 0) is 10.3 Å². The van der Waals surface area contributed by atoms with Gasteiger partial charge in [0.25, 0.3) is 0 Å². The highest BCUT2D eigenvalue weighted by Gasteiger charge is 2.58. The summed E-state index contributed by atoms with van der Waals surface area (Å²) in [6, 6.07) is 7.90. The number of carbonyl (C=O) groups is 1. The molecule has 3 nitrogen and oxygen atoms in total. The fraction of sp³-hybridized carbons (Fsp3) is 0.562. The molecule has 0 unspecified atom stereocenters. The average molecular weight is 261 g/mol. The van der Waals surface area contributed by atoms with Crippen molar-refractivity contribution >= 4 is 11.8 Å². The molecule has 104 valence electrons. The molecule has 0 saturated heterocycles. The van der Waals surface area contributed by atoms with Gasteiger partial charge in [-0.05, 0) is 6.07 Å². The fourth-order valence-corrected chi connectivity index (χ4v) is 3.47. The first-order chi connectivity index (χ1) is 8.59. The standard InChI is InChI=1S/C16H23NO2/c1-14(2,3)16(15(4,5)6)11-9-7-8-10-12(11)17-13(18)19-16/h7-10H,1-6H3,(H,17,18). The summed E-state index contributed by atoms with van der Waals surface area (Å²) in [6.45, 7) is 12.7. The molecule has 0 bridgehead atoms. The molecule has 0 atom stereocenters. The van der Waals surface area contributed by atoms with Crippen molar-refractivity contribution in [3.63, 3.8) is 0 Å². The maximum absolute atomic E-state index is 12.0. The monoisotopic (exact) mass is 261 g/mol. The third kappa shape index (κ3) is 1.92. The number of benzene rings is 1. The van der Waals surface area contributed by atoms with Crippen LogP contribution in [0.15, 0.2) is 24.3 Å². The number of amides is 1. The summed E-state index contributed by atoms with van der Waals surface area (Å²) in [7, 11) is 0. The number of cyclic esters (lactones) is 1. The largest absolute Gasteiger partial charge is 0.437 e. The van der Waals surface area contributed by atoms with E-state index in [1.54, 1.807) is 0 Å². The zero-order valence-electron chi connectivity index (χ0n) is 12.6. The molecule has 0 fully saturated rings. The lowest BCUT2D eigenvalue weighted by atomic mass is 9.58. The van der Waals surface area contributed by atoms with Crippen LogP contribution in [0.1, 0.15) is 47.1 Å². The molecule has 1 aromatic carbocycles. The average Bonchev–Trinajstić information content (AvgIpc) is 2.24. The first-order valence-electron chi connectivity index (χ1n) is 6.69. The van der Waals surface area contributed by atoms with Gasteiger partial charge in [0.15, 0.2) is 5.60 Å². The van der Waals surface area contributed by atoms with Gasteiger partial charge < -0.3 is 4.74 Å². The fourth-order valence-electron chi connectivity index (χ4n) is 3.47. The molecule has 0 saturated carbocycles. The third-order valence-electron chi connectivity index (χ3n) is 3.90. The van der Waals surface area contributed by atoms with E-state index in [0.29, 0.717) is 0 Å². The van der Waals surface area contributed by atoms with Crippen LogP contribution >= 0.6 is 0 Å². The molecule has 0 radical (unpaired) electrons. The van der Waals surface area contributed by atoms with Gasteiger partial charge >= 0.3 is 6.09 Å². The van der Waals surface area contributed by atoms with Gasteiger partial charge in [-0.25, -0.2) is 4.79 Å². The summed E-state index contributed by atoms with van der Waals surface area (Å²) in [6.07, 6.45) is -0.372. The van der Waals surface area contributed by atoms with Crippen LogP contribution in [-0.4, -0.2) is 6.09 Å². The maximum Gasteiger partial charge on any atom is 0.412 e. The number of para-hydroxylation sites is 1. The quantitative estimate of drug-likeness (QED) is 0.744. The van der Waals surface area contributed by atoms with Gasteiger partial charge in [0, 0.05) is 16.4 Å². The summed E-state index contributed by atoms with van der Waals surface area (Å²) in [4.78, 5) is 12.0. The Labute approximate surface area is 115 Å². The summed E-state index contributed by atoms with van der Waals surface area (Å²) in [5.41, 5.74) is 0.829. The Hall–Kier alpha value is -1.51. The van der Waals surface area contributed by atoms with Crippen molar-refractivity contribution in [2.75, 3.05) is 5.32 Å². The number of anilines is 1. The molecule has 2 rings (SSSR count). The van der Waals surface area contributed by atoms with E-state index < -0.39 is 5.60 Å². The Bertz CT molecular complexity index is 492. The number of rotatable bonds is 0. The molecule has 1 amide bonds. The Morgan fingerprint density at radius 3 is 2.05 bits per heavy atom. The lowest BCUT2D eigenvalue weighted by Gasteiger charge is -2.54. The van der Waals surface area contributed by atoms with Crippen molar-refractivity contribution in [1.82, 2.24) is 0 Å². The second-order valence-electron chi connectivity index (χ2n) is 7.24. The molecule has 1 aliphatic heterocycles. The van der Waals surface area contributed by atoms with Crippen LogP contribution in [0.5, 0.6) is 0 Å². The van der Waals surface area contributed by atoms with Gasteiger partial charge in [-0.2, -0.15) is 0 Å². The molecule has 3 heteroatoms. The SMILES string of the molecule is CC(C)(C)C1(C(C)(C)C)OC(=O)Nc2ccccc21. The van der Waals surface area contributed by atoms with Gasteiger partial charge in [-0.3, -0.25) is 5.32 Å². The number of ether oxygens (including phenoxy) is 1. The second kappa shape index (κ2) is 3.99. The van der Waals surface area contributed by atoms with Crippen molar-refractivity contribution < 1.29 is 9.53 Å². The number of hydrogen-bond acceptors (Lipinski definition) is 2. The highest BCUT2D eigenvalue weighted by Crippen LogP contribution is 2.57. The minimum absolute atomic E-state index is 0.209. The first kappa shape index (κ1) is 13.9. The molecule has 0 aromatic heterocycles. The minimum atomic E-state index is -0.654. The van der Waals surface area contributed by atoms with E-state index in [0.717, 1.165) is 11.3 Å². The number of hydrogen-bond donors (Lipinski definition) is 1. The van der Waals surface area contributed by atoms with E-state index in [1.165, 1.54) is 0 Å². The highest BCUT2D eigenvalue weighted by atomic mass is 16.6. The first-order valence-corrected chi connectivity index (χ1v) is 6.69. The summed E-state index contributed by atoms with van der Waals surface area (Å²) in [5.74, 6) is 0. The number of carbonyl (C=O) groups excluding carboxylic acids is 1. The predicted molar refractivity (Wildman–Crippen MR) is 77.1 cm³/mol. The molecular formula is C16H23NO2. The van der Waals surface area contributed by atoms with Gasteiger partial charge in [0.1, 0.15) is 0 Å². The smallest absolute Gasteiger partial charge is 0.412 e. The van der Waals surface area contributed by atoms with Crippen LogP contribution in [0, 0.1) is 10.8 Å². The van der Waals surface area contributed by atoms with E-state index in [4.69, 9.17) is 4.74 Å². The molecule has 19 heavy (non-hydrogen) atoms. The van der Waals surface area contributed by atoms with Gasteiger partial charge in [-0.15, -0.1) is 0 Å². The van der Waals surface area contributed by atoms with E-state index in [-0.39, 0.29) is 16.9 Å². The molecule has 1 N–H and O–H groups in total. The Kier molecular flexibility index (Phi) is 2.92. The minimum Gasteiger partial charge on any atom is -0.437 e. The van der Waals surface area contributed by atoms with Crippen LogP contribution in [0.2, 0.25) is 0 Å². The van der Waals surface area contributed by atoms with Gasteiger partial charge in [0.05, 0.1) is 5.69 Å². The summed E-state index contributed by atoms with van der Waals surface area (Å²) < 4.78 is 5.88. The Morgan fingerprint density at radius 2 is 1.53 bits per heavy atom. The third-order valence-corrected chi connectivity index (χ3v) is 3.90. The lowest BCUT2D eigenvalue weighted by molar-refractivity contribution is -0.146. The van der Waals surface area contributed by atoms with E-state index >= 15 is 0 Å². The van der Waals surface area contributed by atoms with E-state index in [2.05, 4.69) is 46.9 Å². The van der Waals surface area contributed by atoms with E-state index in [9.17, 15) is 4.79 Å². The predicted octanol–water partition coefficient (Wildman–Crippen LogP) is 4.54. The van der Waals surface area contributed by atoms with Crippen molar-refractivity contribution in [3.8, 4) is 0 Å². The Balaban J connectivity index is 2.79. The summed E-state index contributed by atoms with van der Waals surface area (Å²) >= 11 is 0. The van der Waals surface area contributed by atoms with Gasteiger partial charge in [0.2, 0.25) is 0 Å². The van der Waals surface area contributed by atoms with Crippen molar-refractivity contribution in [2.45, 2.75) is 47.1 Å². The van der Waals surface area contributed by atoms with Crippen LogP contribution in [0.25, 0.3) is 0 Å². The van der Waals surface area contributed by atoms with Crippen LogP contribution in [0.4, 0.5) is 10.5 Å². The van der Waals surface area contributed by atoms with Crippen molar-refractivity contribution in [2.24, 2.45) is 10.8 Å². The Morgan fingerprint density at radius 1 is 1.00 bits per heavy atom. The lowest BCUT2D eigenvalue weighted by Crippen LogP contribution is -2.56. The molecular weight excluding hydrogens is 238 g/mol. The topological polar surface area (TPSA) is 38.3 Å². The normalized spacial score (nSPS) is 18.3. The molecule has 0 spiro atoms. The second-order valence-corrected chi connectivity index (χ2v) is 7.24. The van der Waals surface area contributed by atoms with E-state index in [1.807, 2.05) is 24.3 Å². The maximum atomic E-state index is 12.0. The van der Waals surface area contributed by atoms with Crippen molar-refractivity contribution in [1.29, 1.82) is 0 Å². The van der Waals surface area contributed by atoms with Gasteiger partial charge in [-0.1, -0.05) is 59.7 Å². The van der Waals surface area contributed by atoms with Crippen LogP contribution < -0.4 is 5.32 Å². The number of nitrogens with one attached hydrogen (secondary N) is 1. The van der Waals surface area contributed by atoms with Crippen LogP contribution in [0.3, 0.4) is 0 Å². The molecule has 1 heterocycles. The number of fused-ring (bicyclic) bond motifs is 1. The summed E-state index contributed by atoms with van der Waals surface area (Å²) in [5, 5.41) is 2.80. The molecule has 1 aliphatic rings. The highest BCUT2D eigenvalue weighted by molar-refractivity contribution is 5.89. The zero-order valence-corrected chi connectivity index (χ0v) is 12.6. The molecule has 1 aromatic rings.